The van der Waals surface area contributed by atoms with Crippen LogP contribution in [0.1, 0.15) is 52.4 Å². The van der Waals surface area contributed by atoms with E-state index in [-0.39, 0.29) is 0 Å². The molecule has 2 nitrogen and oxygen atoms in total. The van der Waals surface area contributed by atoms with Crippen LogP contribution < -0.4 is 5.32 Å². The van der Waals surface area contributed by atoms with Gasteiger partial charge >= 0.3 is 0 Å². The van der Waals surface area contributed by atoms with Crippen LogP contribution in [-0.4, -0.2) is 25.8 Å². The second kappa shape index (κ2) is 8.12. The van der Waals surface area contributed by atoms with E-state index in [1.54, 1.807) is 0 Å². The first kappa shape index (κ1) is 13.0. The van der Waals surface area contributed by atoms with Gasteiger partial charge in [0.05, 0.1) is 6.10 Å². The molecule has 0 aromatic rings. The molecule has 1 fully saturated rings. The molecule has 2 unspecified atom stereocenters. The van der Waals surface area contributed by atoms with Gasteiger partial charge in [0.15, 0.2) is 0 Å². The number of hydrogen-bond acceptors (Lipinski definition) is 2. The van der Waals surface area contributed by atoms with E-state index in [1.807, 2.05) is 0 Å². The van der Waals surface area contributed by atoms with Crippen LogP contribution in [0.2, 0.25) is 0 Å². The van der Waals surface area contributed by atoms with Gasteiger partial charge in [-0.2, -0.15) is 0 Å². The van der Waals surface area contributed by atoms with Crippen molar-refractivity contribution in [2.45, 2.75) is 58.5 Å². The summed E-state index contributed by atoms with van der Waals surface area (Å²) in [6.07, 6.45) is 8.26. The minimum atomic E-state index is 0.555. The Kier molecular flexibility index (Phi) is 7.03. The number of nitrogens with one attached hydrogen (secondary N) is 1. The summed E-state index contributed by atoms with van der Waals surface area (Å²) < 4.78 is 5.89. The van der Waals surface area contributed by atoms with E-state index >= 15 is 0 Å². The number of hydrogen-bond donors (Lipinski definition) is 1. The maximum atomic E-state index is 5.89. The molecule has 15 heavy (non-hydrogen) atoms. The second-order valence-electron chi connectivity index (χ2n) is 4.87. The molecule has 0 amide bonds. The molecule has 2 atom stereocenters. The van der Waals surface area contributed by atoms with E-state index in [0.717, 1.165) is 32.0 Å². The van der Waals surface area contributed by atoms with Crippen LogP contribution in [0, 0.1) is 5.92 Å². The third-order valence-electron chi connectivity index (χ3n) is 3.17. The van der Waals surface area contributed by atoms with E-state index in [4.69, 9.17) is 4.74 Å². The Morgan fingerprint density at radius 1 is 1.27 bits per heavy atom. The van der Waals surface area contributed by atoms with Crippen molar-refractivity contribution in [2.24, 2.45) is 5.92 Å². The van der Waals surface area contributed by atoms with Gasteiger partial charge in [-0.05, 0) is 44.7 Å². The van der Waals surface area contributed by atoms with Crippen molar-refractivity contribution in [1.82, 2.24) is 5.32 Å². The Bertz CT molecular complexity index is 149. The van der Waals surface area contributed by atoms with Crippen molar-refractivity contribution < 1.29 is 4.74 Å². The van der Waals surface area contributed by atoms with Crippen LogP contribution in [0.3, 0.4) is 0 Å². The van der Waals surface area contributed by atoms with E-state index < -0.39 is 0 Å². The molecule has 0 aliphatic heterocycles. The molecular weight excluding hydrogens is 186 g/mol. The molecule has 1 rings (SSSR count). The Labute approximate surface area is 94.8 Å². The van der Waals surface area contributed by atoms with E-state index in [1.165, 1.54) is 32.1 Å². The summed E-state index contributed by atoms with van der Waals surface area (Å²) in [7, 11) is 0. The Morgan fingerprint density at radius 2 is 2.13 bits per heavy atom. The zero-order chi connectivity index (χ0) is 10.9. The second-order valence-corrected chi connectivity index (χ2v) is 4.87. The Hall–Kier alpha value is -0.0800. The summed E-state index contributed by atoms with van der Waals surface area (Å²) in [5, 5.41) is 3.40. The van der Waals surface area contributed by atoms with Gasteiger partial charge in [0, 0.05) is 6.61 Å². The fourth-order valence-electron chi connectivity index (χ4n) is 2.28. The average Bonchev–Trinajstić information content (AvgIpc) is 2.23. The smallest absolute Gasteiger partial charge is 0.0577 e. The molecule has 0 saturated heterocycles. The van der Waals surface area contributed by atoms with Gasteiger partial charge < -0.3 is 10.1 Å². The van der Waals surface area contributed by atoms with Gasteiger partial charge in [-0.1, -0.05) is 26.7 Å². The third kappa shape index (κ3) is 6.16. The lowest BCUT2D eigenvalue weighted by molar-refractivity contribution is 0.0146. The third-order valence-corrected chi connectivity index (χ3v) is 3.17. The van der Waals surface area contributed by atoms with Crippen molar-refractivity contribution in [2.75, 3.05) is 19.7 Å². The molecule has 0 radical (unpaired) electrons. The highest BCUT2D eigenvalue weighted by atomic mass is 16.5. The predicted octanol–water partition coefficient (Wildman–Crippen LogP) is 2.97. The molecule has 1 N–H and O–H groups in total. The summed E-state index contributed by atoms with van der Waals surface area (Å²) >= 11 is 0. The van der Waals surface area contributed by atoms with Crippen molar-refractivity contribution >= 4 is 0 Å². The SMILES string of the molecule is CCCNCCCOC1CCCC(C)C1. The monoisotopic (exact) mass is 213 g/mol. The van der Waals surface area contributed by atoms with Crippen molar-refractivity contribution in [3.05, 3.63) is 0 Å². The fourth-order valence-corrected chi connectivity index (χ4v) is 2.28. The van der Waals surface area contributed by atoms with Crippen LogP contribution in [-0.2, 0) is 4.74 Å². The van der Waals surface area contributed by atoms with Crippen LogP contribution in [0.25, 0.3) is 0 Å². The van der Waals surface area contributed by atoms with Gasteiger partial charge in [0.2, 0.25) is 0 Å². The molecule has 1 aliphatic rings. The lowest BCUT2D eigenvalue weighted by atomic mass is 9.89. The molecule has 0 spiro atoms. The van der Waals surface area contributed by atoms with Gasteiger partial charge in [-0.25, -0.2) is 0 Å². The van der Waals surface area contributed by atoms with Gasteiger partial charge in [-0.3, -0.25) is 0 Å². The van der Waals surface area contributed by atoms with Crippen LogP contribution in [0.15, 0.2) is 0 Å². The standard InChI is InChI=1S/C13H27NO/c1-3-8-14-9-5-10-15-13-7-4-6-12(2)11-13/h12-14H,3-11H2,1-2H3. The molecule has 0 heterocycles. The van der Waals surface area contributed by atoms with Gasteiger partial charge in [-0.15, -0.1) is 0 Å². The zero-order valence-corrected chi connectivity index (χ0v) is 10.4. The van der Waals surface area contributed by atoms with E-state index in [0.29, 0.717) is 6.10 Å². The molecular formula is C13H27NO. The van der Waals surface area contributed by atoms with Crippen molar-refractivity contribution in [1.29, 1.82) is 0 Å². The van der Waals surface area contributed by atoms with Crippen LogP contribution in [0.5, 0.6) is 0 Å². The average molecular weight is 213 g/mol. The molecule has 1 saturated carbocycles. The highest BCUT2D eigenvalue weighted by molar-refractivity contribution is 4.70. The maximum absolute atomic E-state index is 5.89. The highest BCUT2D eigenvalue weighted by Crippen LogP contribution is 2.25. The fraction of sp³-hybridized carbons (Fsp3) is 1.00. The first-order chi connectivity index (χ1) is 7.33. The predicted molar refractivity (Wildman–Crippen MR) is 65.1 cm³/mol. The molecule has 1 aliphatic carbocycles. The molecule has 0 aromatic heterocycles. The summed E-state index contributed by atoms with van der Waals surface area (Å²) in [6.45, 7) is 7.73. The largest absolute Gasteiger partial charge is 0.378 e. The van der Waals surface area contributed by atoms with Gasteiger partial charge in [0.1, 0.15) is 0 Å². The molecule has 2 heteroatoms. The number of ether oxygens (including phenoxy) is 1. The van der Waals surface area contributed by atoms with Gasteiger partial charge in [0.25, 0.3) is 0 Å². The van der Waals surface area contributed by atoms with Crippen molar-refractivity contribution in [3.8, 4) is 0 Å². The summed E-state index contributed by atoms with van der Waals surface area (Å²) in [4.78, 5) is 0. The van der Waals surface area contributed by atoms with Crippen molar-refractivity contribution in [3.63, 3.8) is 0 Å². The van der Waals surface area contributed by atoms with Crippen LogP contribution >= 0.6 is 0 Å². The summed E-state index contributed by atoms with van der Waals surface area (Å²) in [6, 6.07) is 0. The van der Waals surface area contributed by atoms with E-state index in [9.17, 15) is 0 Å². The first-order valence-electron chi connectivity index (χ1n) is 6.65. The summed E-state index contributed by atoms with van der Waals surface area (Å²) in [5.74, 6) is 0.877. The Balaban J connectivity index is 1.90. The van der Waals surface area contributed by atoms with E-state index in [2.05, 4.69) is 19.2 Å². The minimum absolute atomic E-state index is 0.555. The first-order valence-corrected chi connectivity index (χ1v) is 6.65. The zero-order valence-electron chi connectivity index (χ0n) is 10.4. The molecule has 0 bridgehead atoms. The normalized spacial score (nSPS) is 26.8. The Morgan fingerprint density at radius 3 is 2.87 bits per heavy atom. The molecule has 0 aromatic carbocycles. The maximum Gasteiger partial charge on any atom is 0.0577 e. The molecule has 90 valence electrons. The quantitative estimate of drug-likeness (QED) is 0.656. The van der Waals surface area contributed by atoms with Crippen LogP contribution in [0.4, 0.5) is 0 Å². The minimum Gasteiger partial charge on any atom is -0.378 e. The number of rotatable bonds is 7. The lowest BCUT2D eigenvalue weighted by Crippen LogP contribution is -2.23. The topological polar surface area (TPSA) is 21.3 Å². The highest BCUT2D eigenvalue weighted by Gasteiger charge is 2.18. The lowest BCUT2D eigenvalue weighted by Gasteiger charge is -2.26. The summed E-state index contributed by atoms with van der Waals surface area (Å²) in [5.41, 5.74) is 0.